The predicted molar refractivity (Wildman–Crippen MR) is 76.9 cm³/mol. The summed E-state index contributed by atoms with van der Waals surface area (Å²) in [4.78, 5) is 15.8. The standard InChI is InChI=1S/C12H12BrN3OS/c1-8-7-18-12(15-8)16-11(17)14-6-9-2-4-10(13)5-3-9/h2-5,7H,6H2,1H3,(H2,14,15,16,17). The van der Waals surface area contributed by atoms with E-state index in [1.165, 1.54) is 11.3 Å². The van der Waals surface area contributed by atoms with Crippen LogP contribution in [-0.2, 0) is 6.54 Å². The Labute approximate surface area is 118 Å². The van der Waals surface area contributed by atoms with Gasteiger partial charge in [0.15, 0.2) is 5.13 Å². The smallest absolute Gasteiger partial charge is 0.321 e. The Kier molecular flexibility index (Phi) is 4.33. The molecule has 0 aliphatic carbocycles. The van der Waals surface area contributed by atoms with Crippen LogP contribution in [0.4, 0.5) is 9.93 Å². The van der Waals surface area contributed by atoms with Gasteiger partial charge in [0.2, 0.25) is 0 Å². The molecule has 0 saturated carbocycles. The molecule has 0 saturated heterocycles. The molecule has 2 amide bonds. The van der Waals surface area contributed by atoms with E-state index < -0.39 is 0 Å². The van der Waals surface area contributed by atoms with Gasteiger partial charge >= 0.3 is 6.03 Å². The Hall–Kier alpha value is -1.40. The molecular weight excluding hydrogens is 314 g/mol. The van der Waals surface area contributed by atoms with Crippen molar-refractivity contribution in [3.05, 3.63) is 45.4 Å². The number of benzene rings is 1. The van der Waals surface area contributed by atoms with Gasteiger partial charge in [-0.05, 0) is 24.6 Å². The number of aryl methyl sites for hydroxylation is 1. The van der Waals surface area contributed by atoms with Crippen molar-refractivity contribution in [2.75, 3.05) is 5.32 Å². The molecule has 0 atom stereocenters. The largest absolute Gasteiger partial charge is 0.334 e. The second-order valence-corrected chi connectivity index (χ2v) is 5.50. The molecule has 1 aromatic heterocycles. The first-order chi connectivity index (χ1) is 8.63. The number of nitrogens with one attached hydrogen (secondary N) is 2. The van der Waals surface area contributed by atoms with Gasteiger partial charge in [-0.2, -0.15) is 0 Å². The summed E-state index contributed by atoms with van der Waals surface area (Å²) in [6.07, 6.45) is 0. The lowest BCUT2D eigenvalue weighted by atomic mass is 10.2. The second kappa shape index (κ2) is 5.97. The summed E-state index contributed by atoms with van der Waals surface area (Å²) in [5, 5.41) is 7.97. The molecule has 6 heteroatoms. The van der Waals surface area contributed by atoms with Crippen molar-refractivity contribution in [3.8, 4) is 0 Å². The average molecular weight is 326 g/mol. The van der Waals surface area contributed by atoms with E-state index in [4.69, 9.17) is 0 Å². The van der Waals surface area contributed by atoms with Crippen LogP contribution in [-0.4, -0.2) is 11.0 Å². The fourth-order valence-corrected chi connectivity index (χ4v) is 2.28. The van der Waals surface area contributed by atoms with Crippen molar-refractivity contribution in [2.45, 2.75) is 13.5 Å². The van der Waals surface area contributed by atoms with Crippen LogP contribution in [0.3, 0.4) is 0 Å². The first-order valence-corrected chi connectivity index (χ1v) is 7.02. The van der Waals surface area contributed by atoms with Crippen molar-refractivity contribution < 1.29 is 4.79 Å². The van der Waals surface area contributed by atoms with E-state index in [0.717, 1.165) is 15.7 Å². The molecule has 2 rings (SSSR count). The Bertz CT molecular complexity index is 539. The molecule has 0 spiro atoms. The highest BCUT2D eigenvalue weighted by Crippen LogP contribution is 2.14. The SMILES string of the molecule is Cc1csc(NC(=O)NCc2ccc(Br)cc2)n1. The van der Waals surface area contributed by atoms with Crippen molar-refractivity contribution in [1.82, 2.24) is 10.3 Å². The number of amides is 2. The predicted octanol–water partition coefficient (Wildman–Crippen LogP) is 3.54. The summed E-state index contributed by atoms with van der Waals surface area (Å²) >= 11 is 4.78. The lowest BCUT2D eigenvalue weighted by Crippen LogP contribution is -2.28. The number of carbonyl (C=O) groups is 1. The second-order valence-electron chi connectivity index (χ2n) is 3.73. The number of urea groups is 1. The highest BCUT2D eigenvalue weighted by molar-refractivity contribution is 9.10. The van der Waals surface area contributed by atoms with Gasteiger partial charge < -0.3 is 5.32 Å². The molecule has 1 aromatic carbocycles. The summed E-state index contributed by atoms with van der Waals surface area (Å²) < 4.78 is 1.02. The Morgan fingerprint density at radius 3 is 2.72 bits per heavy atom. The number of anilines is 1. The normalized spacial score (nSPS) is 10.1. The lowest BCUT2D eigenvalue weighted by molar-refractivity contribution is 0.251. The van der Waals surface area contributed by atoms with E-state index >= 15 is 0 Å². The molecule has 1 heterocycles. The Morgan fingerprint density at radius 1 is 1.39 bits per heavy atom. The van der Waals surface area contributed by atoms with Crippen LogP contribution in [0.1, 0.15) is 11.3 Å². The fraction of sp³-hybridized carbons (Fsp3) is 0.167. The number of carbonyl (C=O) groups excluding carboxylic acids is 1. The van der Waals surface area contributed by atoms with Gasteiger partial charge in [-0.3, -0.25) is 5.32 Å². The molecule has 2 N–H and O–H groups in total. The third kappa shape index (κ3) is 3.82. The van der Waals surface area contributed by atoms with E-state index in [-0.39, 0.29) is 6.03 Å². The number of aromatic nitrogens is 1. The van der Waals surface area contributed by atoms with E-state index in [9.17, 15) is 4.79 Å². The number of nitrogens with zero attached hydrogens (tertiary/aromatic N) is 1. The zero-order valence-electron chi connectivity index (χ0n) is 9.74. The lowest BCUT2D eigenvalue weighted by Gasteiger charge is -2.05. The summed E-state index contributed by atoms with van der Waals surface area (Å²) in [5.74, 6) is 0. The van der Waals surface area contributed by atoms with Crippen molar-refractivity contribution >= 4 is 38.4 Å². The topological polar surface area (TPSA) is 54.0 Å². The summed E-state index contributed by atoms with van der Waals surface area (Å²) in [5.41, 5.74) is 1.95. The molecule has 0 unspecified atom stereocenters. The van der Waals surface area contributed by atoms with Crippen LogP contribution in [0.2, 0.25) is 0 Å². The van der Waals surface area contributed by atoms with Gasteiger partial charge in [0.05, 0.1) is 5.69 Å². The van der Waals surface area contributed by atoms with Crippen LogP contribution < -0.4 is 10.6 Å². The molecule has 0 fully saturated rings. The maximum absolute atomic E-state index is 11.6. The van der Waals surface area contributed by atoms with Gasteiger partial charge in [0.1, 0.15) is 0 Å². The summed E-state index contributed by atoms with van der Waals surface area (Å²) in [6, 6.07) is 7.56. The Balaban J connectivity index is 1.83. The molecule has 18 heavy (non-hydrogen) atoms. The minimum absolute atomic E-state index is 0.243. The zero-order chi connectivity index (χ0) is 13.0. The van der Waals surface area contributed by atoms with Crippen molar-refractivity contribution in [3.63, 3.8) is 0 Å². The van der Waals surface area contributed by atoms with Crippen molar-refractivity contribution in [1.29, 1.82) is 0 Å². The maximum Gasteiger partial charge on any atom is 0.321 e. The van der Waals surface area contributed by atoms with Gasteiger partial charge in [-0.1, -0.05) is 28.1 Å². The van der Waals surface area contributed by atoms with E-state index in [1.807, 2.05) is 36.6 Å². The molecule has 94 valence electrons. The first-order valence-electron chi connectivity index (χ1n) is 5.35. The quantitative estimate of drug-likeness (QED) is 0.906. The van der Waals surface area contributed by atoms with Gasteiger partial charge in [-0.25, -0.2) is 9.78 Å². The minimum atomic E-state index is -0.243. The molecule has 0 aliphatic rings. The van der Waals surface area contributed by atoms with Gasteiger partial charge in [0, 0.05) is 16.4 Å². The minimum Gasteiger partial charge on any atom is -0.334 e. The highest BCUT2D eigenvalue weighted by Gasteiger charge is 2.04. The number of rotatable bonds is 3. The first kappa shape index (κ1) is 13.0. The third-order valence-electron chi connectivity index (χ3n) is 2.21. The van der Waals surface area contributed by atoms with E-state index in [0.29, 0.717) is 11.7 Å². The number of thiazole rings is 1. The van der Waals surface area contributed by atoms with E-state index in [1.54, 1.807) is 0 Å². The fourth-order valence-electron chi connectivity index (χ4n) is 1.34. The monoisotopic (exact) mass is 325 g/mol. The van der Waals surface area contributed by atoms with Crippen LogP contribution in [0, 0.1) is 6.92 Å². The Morgan fingerprint density at radius 2 is 2.11 bits per heavy atom. The van der Waals surface area contributed by atoms with Crippen LogP contribution in [0.5, 0.6) is 0 Å². The molecule has 4 nitrogen and oxygen atoms in total. The number of hydrogen-bond donors (Lipinski definition) is 2. The highest BCUT2D eigenvalue weighted by atomic mass is 79.9. The third-order valence-corrected chi connectivity index (χ3v) is 3.61. The van der Waals surface area contributed by atoms with Crippen molar-refractivity contribution in [2.24, 2.45) is 0 Å². The van der Waals surface area contributed by atoms with E-state index in [2.05, 4.69) is 31.5 Å². The summed E-state index contributed by atoms with van der Waals surface area (Å²) in [7, 11) is 0. The zero-order valence-corrected chi connectivity index (χ0v) is 12.1. The molecule has 0 bridgehead atoms. The van der Waals surface area contributed by atoms with Crippen LogP contribution >= 0.6 is 27.3 Å². The van der Waals surface area contributed by atoms with Crippen LogP contribution in [0.15, 0.2) is 34.1 Å². The maximum atomic E-state index is 11.6. The molecule has 2 aromatic rings. The molecule has 0 radical (unpaired) electrons. The van der Waals surface area contributed by atoms with Crippen LogP contribution in [0.25, 0.3) is 0 Å². The summed E-state index contributed by atoms with van der Waals surface area (Å²) in [6.45, 7) is 2.38. The van der Waals surface area contributed by atoms with Gasteiger partial charge in [-0.15, -0.1) is 11.3 Å². The van der Waals surface area contributed by atoms with Gasteiger partial charge in [0.25, 0.3) is 0 Å². The number of halogens is 1. The average Bonchev–Trinajstić information content (AvgIpc) is 2.74. The molecule has 0 aliphatic heterocycles. The number of hydrogen-bond acceptors (Lipinski definition) is 3. The molecular formula is C12H12BrN3OS.